The van der Waals surface area contributed by atoms with Gasteiger partial charge in [0, 0.05) is 18.3 Å². The molecule has 1 heterocycles. The molecule has 0 atom stereocenters. The highest BCUT2D eigenvalue weighted by molar-refractivity contribution is 6.01. The molecule has 104 valence electrons. The molecule has 5 heteroatoms. The first kappa shape index (κ1) is 13.6. The van der Waals surface area contributed by atoms with Gasteiger partial charge in [-0.25, -0.2) is 4.98 Å². The number of oxime groups is 1. The lowest BCUT2D eigenvalue weighted by Crippen LogP contribution is -2.35. The molecule has 1 saturated carbocycles. The molecule has 2 rings (SSSR count). The Morgan fingerprint density at radius 3 is 2.74 bits per heavy atom. The van der Waals surface area contributed by atoms with Crippen LogP contribution in [0, 0.1) is 12.8 Å². The zero-order valence-corrected chi connectivity index (χ0v) is 11.8. The highest BCUT2D eigenvalue weighted by atomic mass is 16.4. The van der Waals surface area contributed by atoms with Crippen molar-refractivity contribution in [3.63, 3.8) is 0 Å². The van der Waals surface area contributed by atoms with Crippen molar-refractivity contribution < 1.29 is 5.21 Å². The third-order valence-electron chi connectivity index (χ3n) is 3.45. The highest BCUT2D eigenvalue weighted by Crippen LogP contribution is 2.32. The van der Waals surface area contributed by atoms with Crippen molar-refractivity contribution >= 4 is 11.7 Å². The average molecular weight is 262 g/mol. The molecule has 5 nitrogen and oxygen atoms in total. The van der Waals surface area contributed by atoms with E-state index in [2.05, 4.69) is 28.9 Å². The summed E-state index contributed by atoms with van der Waals surface area (Å²) in [5, 5.41) is 12.0. The number of nitrogens with two attached hydrogens (primary N) is 1. The third kappa shape index (κ3) is 3.16. The molecule has 1 fully saturated rings. The molecule has 1 aromatic rings. The van der Waals surface area contributed by atoms with Gasteiger partial charge in [0.05, 0.1) is 5.56 Å². The van der Waals surface area contributed by atoms with Crippen molar-refractivity contribution in [3.8, 4) is 0 Å². The number of hydrogen-bond donors (Lipinski definition) is 2. The summed E-state index contributed by atoms with van der Waals surface area (Å²) in [7, 11) is 0. The molecule has 0 saturated heterocycles. The van der Waals surface area contributed by atoms with E-state index in [-0.39, 0.29) is 5.84 Å². The first-order valence-corrected chi connectivity index (χ1v) is 6.75. The molecular formula is C14H22N4O. The topological polar surface area (TPSA) is 74.7 Å². The maximum absolute atomic E-state index is 8.91. The van der Waals surface area contributed by atoms with E-state index in [0.717, 1.165) is 24.0 Å². The Balaban J connectivity index is 2.40. The highest BCUT2D eigenvalue weighted by Gasteiger charge is 2.28. The summed E-state index contributed by atoms with van der Waals surface area (Å²) in [6.07, 6.45) is 2.57. The molecule has 1 aliphatic rings. The van der Waals surface area contributed by atoms with Crippen LogP contribution in [0.5, 0.6) is 0 Å². The van der Waals surface area contributed by atoms with Gasteiger partial charge in [0.15, 0.2) is 5.84 Å². The number of aryl methyl sites for hydroxylation is 1. The van der Waals surface area contributed by atoms with Crippen molar-refractivity contribution in [2.24, 2.45) is 16.8 Å². The summed E-state index contributed by atoms with van der Waals surface area (Å²) < 4.78 is 0. The van der Waals surface area contributed by atoms with E-state index in [9.17, 15) is 0 Å². The Labute approximate surface area is 114 Å². The zero-order valence-electron chi connectivity index (χ0n) is 11.8. The Morgan fingerprint density at radius 1 is 1.53 bits per heavy atom. The van der Waals surface area contributed by atoms with Gasteiger partial charge in [-0.05, 0) is 51.7 Å². The molecule has 3 N–H and O–H groups in total. The molecule has 0 spiro atoms. The van der Waals surface area contributed by atoms with Gasteiger partial charge in [0.2, 0.25) is 0 Å². The summed E-state index contributed by atoms with van der Waals surface area (Å²) in [5.74, 6) is 1.69. The predicted octanol–water partition coefficient (Wildman–Crippen LogP) is 2.11. The van der Waals surface area contributed by atoms with Crippen molar-refractivity contribution in [1.82, 2.24) is 4.98 Å². The summed E-state index contributed by atoms with van der Waals surface area (Å²) in [6.45, 7) is 7.22. The SMILES string of the molecule is Cc1ccc(C(N)=NO)c(N(CC2CC2)C(C)C)n1. The fraction of sp³-hybridized carbons (Fsp3) is 0.571. The first-order chi connectivity index (χ1) is 9.02. The molecule has 0 radical (unpaired) electrons. The van der Waals surface area contributed by atoms with E-state index in [1.807, 2.05) is 19.1 Å². The fourth-order valence-corrected chi connectivity index (χ4v) is 2.14. The van der Waals surface area contributed by atoms with Crippen LogP contribution in [0.4, 0.5) is 5.82 Å². The molecular weight excluding hydrogens is 240 g/mol. The quantitative estimate of drug-likeness (QED) is 0.369. The fourth-order valence-electron chi connectivity index (χ4n) is 2.14. The van der Waals surface area contributed by atoms with Gasteiger partial charge in [-0.15, -0.1) is 0 Å². The Bertz CT molecular complexity index is 480. The molecule has 0 unspecified atom stereocenters. The van der Waals surface area contributed by atoms with E-state index in [0.29, 0.717) is 11.6 Å². The number of aromatic nitrogens is 1. The van der Waals surface area contributed by atoms with Crippen LogP contribution in [0.2, 0.25) is 0 Å². The lowest BCUT2D eigenvalue weighted by molar-refractivity contribution is 0.318. The predicted molar refractivity (Wildman–Crippen MR) is 76.7 cm³/mol. The van der Waals surface area contributed by atoms with Crippen molar-refractivity contribution in [2.45, 2.75) is 39.7 Å². The van der Waals surface area contributed by atoms with Gasteiger partial charge in [0.25, 0.3) is 0 Å². The summed E-state index contributed by atoms with van der Waals surface area (Å²) in [4.78, 5) is 6.85. The molecule has 1 aliphatic carbocycles. The van der Waals surface area contributed by atoms with Crippen LogP contribution in [0.15, 0.2) is 17.3 Å². The molecule has 0 aromatic carbocycles. The molecule has 1 aromatic heterocycles. The van der Waals surface area contributed by atoms with Gasteiger partial charge in [-0.3, -0.25) is 0 Å². The van der Waals surface area contributed by atoms with Crippen LogP contribution < -0.4 is 10.6 Å². The molecule has 0 amide bonds. The molecule has 0 bridgehead atoms. The van der Waals surface area contributed by atoms with Crippen molar-refractivity contribution in [2.75, 3.05) is 11.4 Å². The standard InChI is InChI=1S/C14H22N4O/c1-9(2)18(8-11-5-6-11)14-12(13(15)17-19)7-4-10(3)16-14/h4,7,9,11,19H,5-6,8H2,1-3H3,(H2,15,17). The van der Waals surface area contributed by atoms with E-state index in [4.69, 9.17) is 10.9 Å². The summed E-state index contributed by atoms with van der Waals surface area (Å²) >= 11 is 0. The van der Waals surface area contributed by atoms with Gasteiger partial charge >= 0.3 is 0 Å². The maximum atomic E-state index is 8.91. The monoisotopic (exact) mass is 262 g/mol. The second-order valence-corrected chi connectivity index (χ2v) is 5.50. The smallest absolute Gasteiger partial charge is 0.173 e. The van der Waals surface area contributed by atoms with Crippen LogP contribution in [-0.2, 0) is 0 Å². The van der Waals surface area contributed by atoms with E-state index in [1.165, 1.54) is 12.8 Å². The minimum atomic E-state index is 0.115. The number of nitrogens with zero attached hydrogens (tertiary/aromatic N) is 3. The minimum absolute atomic E-state index is 0.115. The van der Waals surface area contributed by atoms with Gasteiger partial charge in [-0.2, -0.15) is 0 Å². The summed E-state index contributed by atoms with van der Waals surface area (Å²) in [6, 6.07) is 4.08. The van der Waals surface area contributed by atoms with E-state index in [1.54, 1.807) is 0 Å². The van der Waals surface area contributed by atoms with Crippen molar-refractivity contribution in [3.05, 3.63) is 23.4 Å². The lowest BCUT2D eigenvalue weighted by atomic mass is 10.1. The average Bonchev–Trinajstić information content (AvgIpc) is 3.18. The molecule has 0 aliphatic heterocycles. The maximum Gasteiger partial charge on any atom is 0.173 e. The minimum Gasteiger partial charge on any atom is -0.409 e. The van der Waals surface area contributed by atoms with Gasteiger partial charge < -0.3 is 15.8 Å². The normalized spacial score (nSPS) is 15.9. The van der Waals surface area contributed by atoms with Gasteiger partial charge in [0.1, 0.15) is 5.82 Å². The number of anilines is 1. The lowest BCUT2D eigenvalue weighted by Gasteiger charge is -2.29. The van der Waals surface area contributed by atoms with E-state index < -0.39 is 0 Å². The third-order valence-corrected chi connectivity index (χ3v) is 3.45. The van der Waals surface area contributed by atoms with Crippen LogP contribution in [0.3, 0.4) is 0 Å². The largest absolute Gasteiger partial charge is 0.409 e. The van der Waals surface area contributed by atoms with Crippen LogP contribution in [0.25, 0.3) is 0 Å². The van der Waals surface area contributed by atoms with Crippen LogP contribution in [-0.4, -0.2) is 28.6 Å². The Morgan fingerprint density at radius 2 is 2.21 bits per heavy atom. The number of amidine groups is 1. The molecule has 19 heavy (non-hydrogen) atoms. The number of rotatable bonds is 5. The Hall–Kier alpha value is -1.78. The van der Waals surface area contributed by atoms with Crippen LogP contribution >= 0.6 is 0 Å². The second-order valence-electron chi connectivity index (χ2n) is 5.50. The van der Waals surface area contributed by atoms with Crippen LogP contribution in [0.1, 0.15) is 37.9 Å². The number of pyridine rings is 1. The van der Waals surface area contributed by atoms with Crippen molar-refractivity contribution in [1.29, 1.82) is 0 Å². The second kappa shape index (κ2) is 5.47. The first-order valence-electron chi connectivity index (χ1n) is 6.75. The summed E-state index contributed by atoms with van der Waals surface area (Å²) in [5.41, 5.74) is 7.40. The Kier molecular flexibility index (Phi) is 3.93. The zero-order chi connectivity index (χ0) is 14.0. The van der Waals surface area contributed by atoms with Gasteiger partial charge in [-0.1, -0.05) is 5.16 Å². The van der Waals surface area contributed by atoms with E-state index >= 15 is 0 Å². The number of hydrogen-bond acceptors (Lipinski definition) is 4.